The summed E-state index contributed by atoms with van der Waals surface area (Å²) >= 11 is 0. The number of carbonyl (C=O) groups is 1. The Morgan fingerprint density at radius 3 is 1.89 bits per heavy atom. The predicted molar refractivity (Wildman–Crippen MR) is 76.7 cm³/mol. The normalized spacial score (nSPS) is 11.1. The van der Waals surface area contributed by atoms with E-state index in [1.54, 1.807) is 0 Å². The molecule has 0 aromatic heterocycles. The van der Waals surface area contributed by atoms with Crippen molar-refractivity contribution in [2.24, 2.45) is 5.41 Å². The number of para-hydroxylation sites is 1. The van der Waals surface area contributed by atoms with E-state index in [9.17, 15) is 4.79 Å². The van der Waals surface area contributed by atoms with Gasteiger partial charge in [-0.15, -0.1) is 0 Å². The molecule has 0 aliphatic heterocycles. The highest BCUT2D eigenvalue weighted by Crippen LogP contribution is 2.24. The highest BCUT2D eigenvalue weighted by atomic mass is 16.5. The Bertz CT molecular complexity index is 548. The fraction of sp³-hybridized carbons (Fsp3) is 0.235. The lowest BCUT2D eigenvalue weighted by atomic mass is 9.86. The summed E-state index contributed by atoms with van der Waals surface area (Å²) in [6, 6.07) is 16.9. The second-order valence-corrected chi connectivity index (χ2v) is 5.52. The van der Waals surface area contributed by atoms with E-state index in [2.05, 4.69) is 0 Å². The minimum Gasteiger partial charge on any atom is -0.457 e. The fourth-order valence-corrected chi connectivity index (χ4v) is 1.73. The molecule has 0 unspecified atom stereocenters. The van der Waals surface area contributed by atoms with Crippen LogP contribution in [0.4, 0.5) is 0 Å². The number of rotatable bonds is 3. The maximum atomic E-state index is 12.1. The van der Waals surface area contributed by atoms with Crippen molar-refractivity contribution in [3.05, 3.63) is 60.2 Å². The van der Waals surface area contributed by atoms with Gasteiger partial charge in [0.2, 0.25) is 0 Å². The largest absolute Gasteiger partial charge is 0.457 e. The first kappa shape index (κ1) is 13.3. The lowest BCUT2D eigenvalue weighted by molar-refractivity contribution is 0.0858. The van der Waals surface area contributed by atoms with Crippen LogP contribution >= 0.6 is 0 Å². The van der Waals surface area contributed by atoms with Gasteiger partial charge in [-0.25, -0.2) is 0 Å². The van der Waals surface area contributed by atoms with Gasteiger partial charge < -0.3 is 4.74 Å². The average molecular weight is 254 g/mol. The first-order chi connectivity index (χ1) is 8.97. The van der Waals surface area contributed by atoms with Gasteiger partial charge in [0.15, 0.2) is 5.78 Å². The van der Waals surface area contributed by atoms with Crippen LogP contribution in [0.2, 0.25) is 0 Å². The first-order valence-electron chi connectivity index (χ1n) is 6.34. The van der Waals surface area contributed by atoms with Crippen LogP contribution in [0.25, 0.3) is 0 Å². The van der Waals surface area contributed by atoms with E-state index >= 15 is 0 Å². The van der Waals surface area contributed by atoms with Crippen LogP contribution in [0, 0.1) is 5.41 Å². The van der Waals surface area contributed by atoms with Gasteiger partial charge >= 0.3 is 0 Å². The van der Waals surface area contributed by atoms with Gasteiger partial charge in [0.1, 0.15) is 11.5 Å². The summed E-state index contributed by atoms with van der Waals surface area (Å²) in [5.74, 6) is 1.66. The summed E-state index contributed by atoms with van der Waals surface area (Å²) in [7, 11) is 0. The molecule has 0 heterocycles. The van der Waals surface area contributed by atoms with Crippen molar-refractivity contribution in [1.29, 1.82) is 0 Å². The summed E-state index contributed by atoms with van der Waals surface area (Å²) in [5.41, 5.74) is 0.356. The number of hydrogen-bond acceptors (Lipinski definition) is 2. The number of carbonyl (C=O) groups excluding carboxylic acids is 1. The Morgan fingerprint density at radius 2 is 1.37 bits per heavy atom. The maximum Gasteiger partial charge on any atom is 0.168 e. The van der Waals surface area contributed by atoms with E-state index in [1.165, 1.54) is 0 Å². The third-order valence-corrected chi connectivity index (χ3v) is 2.78. The Labute approximate surface area is 114 Å². The molecule has 0 atom stereocenters. The van der Waals surface area contributed by atoms with Gasteiger partial charge in [-0.1, -0.05) is 39.0 Å². The molecule has 0 radical (unpaired) electrons. The number of Topliss-reactive ketones (excluding diaryl/α,β-unsaturated/α-hetero) is 1. The Balaban J connectivity index is 2.13. The summed E-state index contributed by atoms with van der Waals surface area (Å²) in [6.45, 7) is 5.76. The van der Waals surface area contributed by atoms with Crippen LogP contribution in [0.15, 0.2) is 54.6 Å². The predicted octanol–water partition coefficient (Wildman–Crippen LogP) is 4.71. The SMILES string of the molecule is CC(C)(C)C(=O)c1ccc(Oc2ccccc2)cc1. The molecule has 0 spiro atoms. The van der Waals surface area contributed by atoms with E-state index in [1.807, 2.05) is 75.4 Å². The monoisotopic (exact) mass is 254 g/mol. The maximum absolute atomic E-state index is 12.1. The fourth-order valence-electron chi connectivity index (χ4n) is 1.73. The van der Waals surface area contributed by atoms with E-state index in [0.29, 0.717) is 5.56 Å². The molecular weight excluding hydrogens is 236 g/mol. The highest BCUT2D eigenvalue weighted by molar-refractivity contribution is 5.99. The minimum absolute atomic E-state index is 0.138. The van der Waals surface area contributed by atoms with Crippen LogP contribution < -0.4 is 4.74 Å². The van der Waals surface area contributed by atoms with Crippen molar-refractivity contribution >= 4 is 5.78 Å². The van der Waals surface area contributed by atoms with E-state index < -0.39 is 0 Å². The van der Waals surface area contributed by atoms with Crippen LogP contribution in [0.5, 0.6) is 11.5 Å². The molecule has 2 rings (SSSR count). The number of hydrogen-bond donors (Lipinski definition) is 0. The van der Waals surface area contributed by atoms with Crippen molar-refractivity contribution in [3.63, 3.8) is 0 Å². The molecule has 2 nitrogen and oxygen atoms in total. The molecule has 98 valence electrons. The van der Waals surface area contributed by atoms with Crippen LogP contribution in [-0.4, -0.2) is 5.78 Å². The summed E-state index contributed by atoms with van der Waals surface area (Å²) in [5, 5.41) is 0. The molecule has 0 N–H and O–H groups in total. The molecule has 0 saturated heterocycles. The number of ether oxygens (including phenoxy) is 1. The lowest BCUT2D eigenvalue weighted by Crippen LogP contribution is -2.19. The van der Waals surface area contributed by atoms with Crippen molar-refractivity contribution in [2.45, 2.75) is 20.8 Å². The van der Waals surface area contributed by atoms with Gasteiger partial charge in [0.05, 0.1) is 0 Å². The zero-order chi connectivity index (χ0) is 13.9. The van der Waals surface area contributed by atoms with Crippen LogP contribution in [0.1, 0.15) is 31.1 Å². The molecule has 0 aliphatic carbocycles. The second kappa shape index (κ2) is 5.27. The van der Waals surface area contributed by atoms with Gasteiger partial charge in [0, 0.05) is 11.0 Å². The summed E-state index contributed by atoms with van der Waals surface area (Å²) in [6.07, 6.45) is 0. The molecule has 0 saturated carbocycles. The molecule has 0 amide bonds. The van der Waals surface area contributed by atoms with Gasteiger partial charge in [0.25, 0.3) is 0 Å². The Kier molecular flexibility index (Phi) is 3.70. The van der Waals surface area contributed by atoms with Crippen LogP contribution in [0.3, 0.4) is 0 Å². The van der Waals surface area contributed by atoms with Crippen molar-refractivity contribution in [3.8, 4) is 11.5 Å². The molecule has 0 aliphatic rings. The Morgan fingerprint density at radius 1 is 0.842 bits per heavy atom. The van der Waals surface area contributed by atoms with Crippen molar-refractivity contribution < 1.29 is 9.53 Å². The third-order valence-electron chi connectivity index (χ3n) is 2.78. The minimum atomic E-state index is -0.359. The smallest absolute Gasteiger partial charge is 0.168 e. The van der Waals surface area contributed by atoms with Crippen molar-refractivity contribution in [1.82, 2.24) is 0 Å². The van der Waals surface area contributed by atoms with Crippen LogP contribution in [-0.2, 0) is 0 Å². The van der Waals surface area contributed by atoms with Crippen molar-refractivity contribution in [2.75, 3.05) is 0 Å². The highest BCUT2D eigenvalue weighted by Gasteiger charge is 2.22. The molecule has 2 aromatic carbocycles. The van der Waals surface area contributed by atoms with Gasteiger partial charge in [-0.3, -0.25) is 4.79 Å². The molecule has 2 aromatic rings. The number of ketones is 1. The quantitative estimate of drug-likeness (QED) is 0.741. The molecule has 2 heteroatoms. The van der Waals surface area contributed by atoms with E-state index in [4.69, 9.17) is 4.74 Å². The van der Waals surface area contributed by atoms with E-state index in [-0.39, 0.29) is 11.2 Å². The first-order valence-corrected chi connectivity index (χ1v) is 6.34. The Hall–Kier alpha value is -2.09. The average Bonchev–Trinajstić information content (AvgIpc) is 2.39. The lowest BCUT2D eigenvalue weighted by Gasteiger charge is -2.16. The zero-order valence-corrected chi connectivity index (χ0v) is 11.5. The standard InChI is InChI=1S/C17H18O2/c1-17(2,3)16(18)13-9-11-15(12-10-13)19-14-7-5-4-6-8-14/h4-12H,1-3H3. The zero-order valence-electron chi connectivity index (χ0n) is 11.5. The second-order valence-electron chi connectivity index (χ2n) is 5.52. The summed E-state index contributed by atoms with van der Waals surface area (Å²) in [4.78, 5) is 12.1. The van der Waals surface area contributed by atoms with E-state index in [0.717, 1.165) is 11.5 Å². The molecular formula is C17H18O2. The van der Waals surface area contributed by atoms with Gasteiger partial charge in [-0.2, -0.15) is 0 Å². The third kappa shape index (κ3) is 3.44. The number of benzene rings is 2. The molecule has 0 bridgehead atoms. The molecule has 0 fully saturated rings. The van der Waals surface area contributed by atoms with Gasteiger partial charge in [-0.05, 0) is 36.4 Å². The molecule has 19 heavy (non-hydrogen) atoms. The summed E-state index contributed by atoms with van der Waals surface area (Å²) < 4.78 is 5.69. The topological polar surface area (TPSA) is 26.3 Å².